The van der Waals surface area contributed by atoms with Crippen LogP contribution in [0.4, 0.5) is 4.39 Å². The highest BCUT2D eigenvalue weighted by molar-refractivity contribution is 5.27. The molecule has 2 N–H and O–H groups in total. The van der Waals surface area contributed by atoms with E-state index in [1.165, 1.54) is 6.07 Å². The van der Waals surface area contributed by atoms with Crippen molar-refractivity contribution in [3.8, 4) is 0 Å². The molecule has 1 aliphatic rings. The average Bonchev–Trinajstić information content (AvgIpc) is 2.76. The van der Waals surface area contributed by atoms with E-state index in [0.29, 0.717) is 5.92 Å². The maximum atomic E-state index is 13.1. The fraction of sp³-hybridized carbons (Fsp3) is 0.538. The fourth-order valence-electron chi connectivity index (χ4n) is 2.17. The first kappa shape index (κ1) is 11.6. The van der Waals surface area contributed by atoms with Gasteiger partial charge in [-0.1, -0.05) is 6.07 Å². The van der Waals surface area contributed by atoms with Gasteiger partial charge in [0.25, 0.3) is 0 Å². The zero-order valence-electron chi connectivity index (χ0n) is 9.58. The second-order valence-electron chi connectivity index (χ2n) is 4.56. The molecular weight excluding hydrogens is 205 g/mol. The zero-order chi connectivity index (χ0) is 11.5. The third-order valence-electron chi connectivity index (χ3n) is 3.34. The molecule has 0 aliphatic carbocycles. The van der Waals surface area contributed by atoms with Gasteiger partial charge in [-0.3, -0.25) is 0 Å². The van der Waals surface area contributed by atoms with Gasteiger partial charge in [0.05, 0.1) is 6.61 Å². The first-order valence-corrected chi connectivity index (χ1v) is 5.75. The molecule has 0 saturated carbocycles. The quantitative estimate of drug-likeness (QED) is 0.851. The third-order valence-corrected chi connectivity index (χ3v) is 3.34. The molecule has 2 unspecified atom stereocenters. The molecule has 0 aromatic heterocycles. The molecule has 1 aromatic carbocycles. The molecule has 1 saturated heterocycles. The summed E-state index contributed by atoms with van der Waals surface area (Å²) < 4.78 is 18.4. The van der Waals surface area contributed by atoms with E-state index in [9.17, 15) is 4.39 Å². The standard InChI is InChI=1S/C13H18FNO/c1-9-2-3-12(14)6-11(9)7-13(15)10-4-5-16-8-10/h2-3,6,10,13H,4-5,7-8,15H2,1H3. The molecule has 1 fully saturated rings. The van der Waals surface area contributed by atoms with Crippen molar-refractivity contribution < 1.29 is 9.13 Å². The predicted molar refractivity (Wildman–Crippen MR) is 61.7 cm³/mol. The van der Waals surface area contributed by atoms with Gasteiger partial charge in [0.1, 0.15) is 5.82 Å². The average molecular weight is 223 g/mol. The highest BCUT2D eigenvalue weighted by Gasteiger charge is 2.23. The van der Waals surface area contributed by atoms with E-state index in [0.717, 1.165) is 37.2 Å². The van der Waals surface area contributed by atoms with Crippen molar-refractivity contribution in [2.45, 2.75) is 25.8 Å². The number of ether oxygens (including phenoxy) is 1. The summed E-state index contributed by atoms with van der Waals surface area (Å²) in [6.45, 7) is 3.54. The van der Waals surface area contributed by atoms with Crippen LogP contribution in [0.15, 0.2) is 18.2 Å². The monoisotopic (exact) mass is 223 g/mol. The van der Waals surface area contributed by atoms with Crippen LogP contribution in [0.3, 0.4) is 0 Å². The Balaban J connectivity index is 2.04. The molecule has 1 heterocycles. The van der Waals surface area contributed by atoms with Gasteiger partial charge in [-0.25, -0.2) is 4.39 Å². The Labute approximate surface area is 95.6 Å². The minimum Gasteiger partial charge on any atom is -0.381 e. The summed E-state index contributed by atoms with van der Waals surface area (Å²) in [5.41, 5.74) is 8.25. The summed E-state index contributed by atoms with van der Waals surface area (Å²) in [5, 5.41) is 0. The molecule has 3 heteroatoms. The predicted octanol–water partition coefficient (Wildman–Crippen LogP) is 2.04. The fourth-order valence-corrected chi connectivity index (χ4v) is 2.17. The maximum Gasteiger partial charge on any atom is 0.123 e. The molecule has 0 bridgehead atoms. The SMILES string of the molecule is Cc1ccc(F)cc1CC(N)C1CCOC1. The molecule has 0 spiro atoms. The van der Waals surface area contributed by atoms with Crippen LogP contribution in [0.1, 0.15) is 17.5 Å². The van der Waals surface area contributed by atoms with Gasteiger partial charge >= 0.3 is 0 Å². The molecule has 88 valence electrons. The van der Waals surface area contributed by atoms with Crippen molar-refractivity contribution in [3.63, 3.8) is 0 Å². The number of benzene rings is 1. The van der Waals surface area contributed by atoms with Crippen LogP contribution in [-0.2, 0) is 11.2 Å². The van der Waals surface area contributed by atoms with Crippen LogP contribution in [0, 0.1) is 18.7 Å². The van der Waals surface area contributed by atoms with Gasteiger partial charge in [-0.2, -0.15) is 0 Å². The second kappa shape index (κ2) is 4.93. The molecular formula is C13H18FNO. The second-order valence-corrected chi connectivity index (χ2v) is 4.56. The summed E-state index contributed by atoms with van der Waals surface area (Å²) in [6, 6.07) is 4.96. The maximum absolute atomic E-state index is 13.1. The van der Waals surface area contributed by atoms with Crippen molar-refractivity contribution >= 4 is 0 Å². The normalized spacial score (nSPS) is 22.3. The van der Waals surface area contributed by atoms with Crippen LogP contribution in [0.25, 0.3) is 0 Å². The van der Waals surface area contributed by atoms with E-state index in [2.05, 4.69) is 0 Å². The Morgan fingerprint density at radius 3 is 3.06 bits per heavy atom. The molecule has 1 aromatic rings. The van der Waals surface area contributed by atoms with E-state index in [4.69, 9.17) is 10.5 Å². The lowest BCUT2D eigenvalue weighted by Gasteiger charge is -2.18. The van der Waals surface area contributed by atoms with Crippen molar-refractivity contribution in [2.75, 3.05) is 13.2 Å². The van der Waals surface area contributed by atoms with Crippen molar-refractivity contribution in [3.05, 3.63) is 35.1 Å². The summed E-state index contributed by atoms with van der Waals surface area (Å²) in [7, 11) is 0. The van der Waals surface area contributed by atoms with E-state index in [-0.39, 0.29) is 11.9 Å². The molecule has 0 radical (unpaired) electrons. The van der Waals surface area contributed by atoms with Crippen LogP contribution in [-0.4, -0.2) is 19.3 Å². The van der Waals surface area contributed by atoms with Crippen molar-refractivity contribution in [1.29, 1.82) is 0 Å². The molecule has 2 rings (SSSR count). The molecule has 1 aliphatic heterocycles. The lowest BCUT2D eigenvalue weighted by atomic mass is 9.92. The van der Waals surface area contributed by atoms with Gasteiger partial charge in [0, 0.05) is 12.6 Å². The molecule has 16 heavy (non-hydrogen) atoms. The van der Waals surface area contributed by atoms with Crippen molar-refractivity contribution in [1.82, 2.24) is 0 Å². The summed E-state index contributed by atoms with van der Waals surface area (Å²) in [4.78, 5) is 0. The number of aryl methyl sites for hydroxylation is 1. The Morgan fingerprint density at radius 2 is 2.38 bits per heavy atom. The van der Waals surface area contributed by atoms with Gasteiger partial charge in [0.2, 0.25) is 0 Å². The van der Waals surface area contributed by atoms with Crippen LogP contribution < -0.4 is 5.73 Å². The zero-order valence-corrected chi connectivity index (χ0v) is 9.58. The van der Waals surface area contributed by atoms with E-state index >= 15 is 0 Å². The van der Waals surface area contributed by atoms with Crippen molar-refractivity contribution in [2.24, 2.45) is 11.7 Å². The smallest absolute Gasteiger partial charge is 0.123 e. The van der Waals surface area contributed by atoms with Crippen LogP contribution in [0.2, 0.25) is 0 Å². The Hall–Kier alpha value is -0.930. The number of hydrogen-bond acceptors (Lipinski definition) is 2. The summed E-state index contributed by atoms with van der Waals surface area (Å²) in [5.74, 6) is 0.234. The first-order valence-electron chi connectivity index (χ1n) is 5.75. The van der Waals surface area contributed by atoms with Gasteiger partial charge in [-0.05, 0) is 48.9 Å². The number of rotatable bonds is 3. The lowest BCUT2D eigenvalue weighted by Crippen LogP contribution is -2.32. The van der Waals surface area contributed by atoms with Crippen LogP contribution >= 0.6 is 0 Å². The summed E-state index contributed by atoms with van der Waals surface area (Å²) in [6.07, 6.45) is 1.76. The highest BCUT2D eigenvalue weighted by atomic mass is 19.1. The van der Waals surface area contributed by atoms with Gasteiger partial charge in [0.15, 0.2) is 0 Å². The third kappa shape index (κ3) is 2.60. The minimum atomic E-state index is -0.185. The minimum absolute atomic E-state index is 0.0722. The Bertz CT molecular complexity index is 361. The molecule has 2 atom stereocenters. The summed E-state index contributed by atoms with van der Waals surface area (Å²) >= 11 is 0. The van der Waals surface area contributed by atoms with Gasteiger partial charge < -0.3 is 10.5 Å². The van der Waals surface area contributed by atoms with E-state index in [1.807, 2.05) is 13.0 Å². The number of hydrogen-bond donors (Lipinski definition) is 1. The number of halogens is 1. The largest absolute Gasteiger partial charge is 0.381 e. The topological polar surface area (TPSA) is 35.2 Å². The first-order chi connectivity index (χ1) is 7.66. The number of nitrogens with two attached hydrogens (primary N) is 1. The lowest BCUT2D eigenvalue weighted by molar-refractivity contribution is 0.180. The Morgan fingerprint density at radius 1 is 1.56 bits per heavy atom. The highest BCUT2D eigenvalue weighted by Crippen LogP contribution is 2.20. The van der Waals surface area contributed by atoms with E-state index in [1.54, 1.807) is 6.07 Å². The van der Waals surface area contributed by atoms with Crippen LogP contribution in [0.5, 0.6) is 0 Å². The van der Waals surface area contributed by atoms with E-state index < -0.39 is 0 Å². The van der Waals surface area contributed by atoms with Gasteiger partial charge in [-0.15, -0.1) is 0 Å². The Kier molecular flexibility index (Phi) is 3.56. The molecule has 2 nitrogen and oxygen atoms in total. The molecule has 0 amide bonds.